The van der Waals surface area contributed by atoms with Crippen LogP contribution in [0.5, 0.6) is 0 Å². The lowest BCUT2D eigenvalue weighted by molar-refractivity contribution is 0.0846. The molecule has 2 N–H and O–H groups in total. The Hall–Kier alpha value is -2.71. The number of benzene rings is 2. The van der Waals surface area contributed by atoms with Crippen molar-refractivity contribution in [3.8, 4) is 0 Å². The Labute approximate surface area is 171 Å². The van der Waals surface area contributed by atoms with Crippen LogP contribution in [0.3, 0.4) is 0 Å². The van der Waals surface area contributed by atoms with E-state index < -0.39 is 21.8 Å². The summed E-state index contributed by atoms with van der Waals surface area (Å²) in [5.74, 6) is -1.02. The molecule has 1 aliphatic heterocycles. The number of amides is 2. The number of hydrogen-bond donors (Lipinski definition) is 2. The number of piperidine rings is 1. The van der Waals surface area contributed by atoms with Crippen molar-refractivity contribution in [3.05, 3.63) is 64.7 Å². The van der Waals surface area contributed by atoms with Crippen LogP contribution in [0.15, 0.2) is 47.4 Å². The summed E-state index contributed by atoms with van der Waals surface area (Å²) in [6, 6.07) is 11.3. The number of sulfonamides is 1. The summed E-state index contributed by atoms with van der Waals surface area (Å²) < 4.78 is 27.1. The zero-order valence-corrected chi connectivity index (χ0v) is 17.4. The number of nitrogens with zero attached hydrogens (tertiary/aromatic N) is 1. The number of hydrazine groups is 1. The minimum atomic E-state index is -3.64. The molecule has 7 nitrogen and oxygen atoms in total. The van der Waals surface area contributed by atoms with Crippen LogP contribution in [0.25, 0.3) is 0 Å². The van der Waals surface area contributed by atoms with E-state index >= 15 is 0 Å². The molecule has 2 amide bonds. The van der Waals surface area contributed by atoms with Gasteiger partial charge in [0, 0.05) is 24.2 Å². The van der Waals surface area contributed by atoms with Crippen molar-refractivity contribution in [1.29, 1.82) is 0 Å². The summed E-state index contributed by atoms with van der Waals surface area (Å²) >= 11 is 0. The number of nitrogens with one attached hydrogen (secondary N) is 2. The van der Waals surface area contributed by atoms with Gasteiger partial charge in [0.25, 0.3) is 11.8 Å². The van der Waals surface area contributed by atoms with E-state index in [0.717, 1.165) is 30.4 Å². The molecule has 8 heteroatoms. The van der Waals surface area contributed by atoms with Crippen LogP contribution in [0, 0.1) is 13.8 Å². The normalized spacial score (nSPS) is 15.0. The Morgan fingerprint density at radius 1 is 0.897 bits per heavy atom. The molecule has 1 heterocycles. The van der Waals surface area contributed by atoms with E-state index in [1.807, 2.05) is 26.0 Å². The molecule has 154 valence electrons. The van der Waals surface area contributed by atoms with Gasteiger partial charge in [0.2, 0.25) is 10.0 Å². The standard InChI is InChI=1S/C21H25N3O4S/c1-15-9-10-16(2)19(13-15)21(26)23-22-20(25)17-7-6-8-18(14-17)29(27,28)24-11-4-3-5-12-24/h6-10,13-14H,3-5,11-12H2,1-2H3,(H,22,25)(H,23,26). The molecule has 0 unspecified atom stereocenters. The number of hydrogen-bond acceptors (Lipinski definition) is 4. The van der Waals surface area contributed by atoms with Gasteiger partial charge in [-0.25, -0.2) is 8.42 Å². The highest BCUT2D eigenvalue weighted by Crippen LogP contribution is 2.21. The number of rotatable bonds is 4. The van der Waals surface area contributed by atoms with Gasteiger partial charge in [-0.1, -0.05) is 30.2 Å². The maximum Gasteiger partial charge on any atom is 0.269 e. The van der Waals surface area contributed by atoms with Gasteiger partial charge < -0.3 is 0 Å². The van der Waals surface area contributed by atoms with Crippen LogP contribution in [0.1, 0.15) is 51.1 Å². The molecule has 1 aliphatic rings. The van der Waals surface area contributed by atoms with E-state index in [9.17, 15) is 18.0 Å². The Morgan fingerprint density at radius 2 is 1.59 bits per heavy atom. The Kier molecular flexibility index (Phi) is 6.34. The molecule has 29 heavy (non-hydrogen) atoms. The summed E-state index contributed by atoms with van der Waals surface area (Å²) in [5, 5.41) is 0. The predicted molar refractivity (Wildman–Crippen MR) is 110 cm³/mol. The Morgan fingerprint density at radius 3 is 2.31 bits per heavy atom. The average Bonchev–Trinajstić information content (AvgIpc) is 2.74. The predicted octanol–water partition coefficient (Wildman–Crippen LogP) is 2.55. The SMILES string of the molecule is Cc1ccc(C)c(C(=O)NNC(=O)c2cccc(S(=O)(=O)N3CCCCC3)c2)c1. The molecule has 0 aromatic heterocycles. The van der Waals surface area contributed by atoms with Crippen LogP contribution >= 0.6 is 0 Å². The molecule has 2 aromatic carbocycles. The van der Waals surface area contributed by atoms with Gasteiger partial charge in [-0.15, -0.1) is 0 Å². The van der Waals surface area contributed by atoms with Crippen molar-refractivity contribution < 1.29 is 18.0 Å². The number of carbonyl (C=O) groups is 2. The van der Waals surface area contributed by atoms with Gasteiger partial charge in [-0.3, -0.25) is 20.4 Å². The molecule has 0 radical (unpaired) electrons. The molecule has 1 saturated heterocycles. The fourth-order valence-corrected chi connectivity index (χ4v) is 4.85. The molecule has 0 aliphatic carbocycles. The highest BCUT2D eigenvalue weighted by Gasteiger charge is 2.26. The summed E-state index contributed by atoms with van der Waals surface area (Å²) in [6.07, 6.45) is 2.70. The molecule has 0 spiro atoms. The number of aryl methyl sites for hydroxylation is 2. The van der Waals surface area contributed by atoms with Gasteiger partial charge in [0.1, 0.15) is 0 Å². The van der Waals surface area contributed by atoms with Crippen LogP contribution in [0.4, 0.5) is 0 Å². The third-order valence-corrected chi connectivity index (χ3v) is 6.87. The van der Waals surface area contributed by atoms with E-state index in [0.29, 0.717) is 18.7 Å². The average molecular weight is 416 g/mol. The lowest BCUT2D eigenvalue weighted by Crippen LogP contribution is -2.42. The van der Waals surface area contributed by atoms with Gasteiger partial charge >= 0.3 is 0 Å². The maximum absolute atomic E-state index is 12.8. The van der Waals surface area contributed by atoms with Gasteiger partial charge in [-0.2, -0.15) is 4.31 Å². The second kappa shape index (κ2) is 8.75. The van der Waals surface area contributed by atoms with Crippen LogP contribution in [-0.4, -0.2) is 37.6 Å². The van der Waals surface area contributed by atoms with Gasteiger partial charge in [0.05, 0.1) is 4.90 Å². The first-order valence-electron chi connectivity index (χ1n) is 9.57. The third-order valence-electron chi connectivity index (χ3n) is 4.98. The highest BCUT2D eigenvalue weighted by atomic mass is 32.2. The monoisotopic (exact) mass is 415 g/mol. The molecule has 0 atom stereocenters. The minimum absolute atomic E-state index is 0.0768. The smallest absolute Gasteiger partial charge is 0.267 e. The van der Waals surface area contributed by atoms with E-state index in [-0.39, 0.29) is 10.5 Å². The fraction of sp³-hybridized carbons (Fsp3) is 0.333. The maximum atomic E-state index is 12.8. The van der Waals surface area contributed by atoms with Gasteiger partial charge in [-0.05, 0) is 56.5 Å². The summed E-state index contributed by atoms with van der Waals surface area (Å²) in [5.41, 5.74) is 7.09. The Bertz CT molecular complexity index is 1030. The molecule has 0 bridgehead atoms. The van der Waals surface area contributed by atoms with Crippen molar-refractivity contribution in [2.24, 2.45) is 0 Å². The topological polar surface area (TPSA) is 95.6 Å². The van der Waals surface area contributed by atoms with E-state index in [2.05, 4.69) is 10.9 Å². The molecule has 1 fully saturated rings. The first-order chi connectivity index (χ1) is 13.8. The highest BCUT2D eigenvalue weighted by molar-refractivity contribution is 7.89. The van der Waals surface area contributed by atoms with E-state index in [1.54, 1.807) is 6.07 Å². The molecular weight excluding hydrogens is 390 g/mol. The second-order valence-corrected chi connectivity index (χ2v) is 9.16. The van der Waals surface area contributed by atoms with Gasteiger partial charge in [0.15, 0.2) is 0 Å². The lowest BCUT2D eigenvalue weighted by atomic mass is 10.1. The van der Waals surface area contributed by atoms with E-state index in [1.165, 1.54) is 28.6 Å². The van der Waals surface area contributed by atoms with Crippen LogP contribution in [-0.2, 0) is 10.0 Å². The summed E-state index contributed by atoms with van der Waals surface area (Å²) in [7, 11) is -3.64. The summed E-state index contributed by atoms with van der Waals surface area (Å²) in [4.78, 5) is 24.9. The quantitative estimate of drug-likeness (QED) is 0.750. The zero-order chi connectivity index (χ0) is 21.0. The number of carbonyl (C=O) groups excluding carboxylic acids is 2. The molecular formula is C21H25N3O4S. The zero-order valence-electron chi connectivity index (χ0n) is 16.6. The largest absolute Gasteiger partial charge is 0.269 e. The van der Waals surface area contributed by atoms with E-state index in [4.69, 9.17) is 0 Å². The Balaban J connectivity index is 1.71. The van der Waals surface area contributed by atoms with Crippen molar-refractivity contribution in [1.82, 2.24) is 15.2 Å². The fourth-order valence-electron chi connectivity index (χ4n) is 3.29. The second-order valence-electron chi connectivity index (χ2n) is 7.22. The first kappa shape index (κ1) is 21.0. The van der Waals surface area contributed by atoms with Crippen molar-refractivity contribution in [2.75, 3.05) is 13.1 Å². The third kappa shape index (κ3) is 4.83. The minimum Gasteiger partial charge on any atom is -0.267 e. The van der Waals surface area contributed by atoms with Crippen molar-refractivity contribution in [2.45, 2.75) is 38.0 Å². The molecule has 2 aromatic rings. The van der Waals surface area contributed by atoms with Crippen LogP contribution < -0.4 is 10.9 Å². The van der Waals surface area contributed by atoms with Crippen molar-refractivity contribution >= 4 is 21.8 Å². The van der Waals surface area contributed by atoms with Crippen molar-refractivity contribution in [3.63, 3.8) is 0 Å². The first-order valence-corrected chi connectivity index (χ1v) is 11.0. The molecule has 0 saturated carbocycles. The summed E-state index contributed by atoms with van der Waals surface area (Å²) in [6.45, 7) is 4.67. The van der Waals surface area contributed by atoms with Crippen LogP contribution in [0.2, 0.25) is 0 Å². The molecule has 3 rings (SSSR count). The lowest BCUT2D eigenvalue weighted by Gasteiger charge is -2.26.